The third-order valence-electron chi connectivity index (χ3n) is 2.48. The summed E-state index contributed by atoms with van der Waals surface area (Å²) in [6, 6.07) is 8.13. The zero-order chi connectivity index (χ0) is 9.47. The van der Waals surface area contributed by atoms with Crippen LogP contribution in [0.25, 0.3) is 0 Å². The molecule has 0 spiro atoms. The van der Waals surface area contributed by atoms with E-state index in [0.29, 0.717) is 5.25 Å². The Morgan fingerprint density at radius 2 is 2.15 bits per heavy atom. The van der Waals surface area contributed by atoms with E-state index in [1.807, 2.05) is 36.9 Å². The fraction of sp³-hybridized carbons (Fsp3) is 0.455. The molecule has 0 fully saturated rings. The quantitative estimate of drug-likeness (QED) is 0.685. The van der Waals surface area contributed by atoms with Gasteiger partial charge in [-0.15, -0.1) is 11.8 Å². The summed E-state index contributed by atoms with van der Waals surface area (Å²) in [6.45, 7) is 4.07. The van der Waals surface area contributed by atoms with Gasteiger partial charge in [-0.05, 0) is 25.0 Å². The molecule has 2 heteroatoms. The highest BCUT2D eigenvalue weighted by Gasteiger charge is 2.32. The molecule has 1 aliphatic heterocycles. The maximum atomic E-state index is 10.2. The van der Waals surface area contributed by atoms with Crippen LogP contribution in [0.5, 0.6) is 0 Å². The van der Waals surface area contributed by atoms with Gasteiger partial charge in [-0.2, -0.15) is 0 Å². The molecule has 0 radical (unpaired) electrons. The van der Waals surface area contributed by atoms with Crippen molar-refractivity contribution < 1.29 is 5.11 Å². The van der Waals surface area contributed by atoms with Crippen LogP contribution in [-0.2, 0) is 5.60 Å². The topological polar surface area (TPSA) is 20.2 Å². The second kappa shape index (κ2) is 3.03. The van der Waals surface area contributed by atoms with Gasteiger partial charge in [0.05, 0.1) is 5.60 Å². The lowest BCUT2D eigenvalue weighted by molar-refractivity contribution is 0.0435. The van der Waals surface area contributed by atoms with Crippen molar-refractivity contribution >= 4 is 11.8 Å². The SMILES string of the molecule is CC1CC(C)(O)c2ccccc2S1. The normalized spacial score (nSPS) is 32.7. The van der Waals surface area contributed by atoms with E-state index in [9.17, 15) is 5.11 Å². The van der Waals surface area contributed by atoms with Crippen LogP contribution in [0.4, 0.5) is 0 Å². The van der Waals surface area contributed by atoms with E-state index in [2.05, 4.69) is 13.0 Å². The first-order valence-electron chi connectivity index (χ1n) is 4.58. The smallest absolute Gasteiger partial charge is 0.0889 e. The molecule has 0 aromatic heterocycles. The highest BCUT2D eigenvalue weighted by molar-refractivity contribution is 8.00. The summed E-state index contributed by atoms with van der Waals surface area (Å²) in [7, 11) is 0. The predicted molar refractivity (Wildman–Crippen MR) is 55.9 cm³/mol. The van der Waals surface area contributed by atoms with Crippen LogP contribution in [0.3, 0.4) is 0 Å². The van der Waals surface area contributed by atoms with E-state index < -0.39 is 5.60 Å². The second-order valence-electron chi connectivity index (χ2n) is 3.90. The van der Waals surface area contributed by atoms with Crippen molar-refractivity contribution in [3.8, 4) is 0 Å². The molecule has 13 heavy (non-hydrogen) atoms. The molecule has 2 rings (SSSR count). The molecule has 2 atom stereocenters. The monoisotopic (exact) mass is 194 g/mol. The molecule has 0 aliphatic carbocycles. The van der Waals surface area contributed by atoms with Crippen molar-refractivity contribution in [3.63, 3.8) is 0 Å². The number of hydrogen-bond acceptors (Lipinski definition) is 2. The summed E-state index contributed by atoms with van der Waals surface area (Å²) < 4.78 is 0. The molecule has 1 aromatic carbocycles. The van der Waals surface area contributed by atoms with Crippen LogP contribution in [0, 0.1) is 0 Å². The Kier molecular flexibility index (Phi) is 2.12. The van der Waals surface area contributed by atoms with Gasteiger partial charge >= 0.3 is 0 Å². The predicted octanol–water partition coefficient (Wildman–Crippen LogP) is 2.78. The lowest BCUT2D eigenvalue weighted by atomic mass is 9.91. The highest BCUT2D eigenvalue weighted by atomic mass is 32.2. The Hall–Kier alpha value is -0.470. The van der Waals surface area contributed by atoms with E-state index in [1.54, 1.807) is 0 Å². The van der Waals surface area contributed by atoms with E-state index in [0.717, 1.165) is 12.0 Å². The Labute approximate surface area is 83.2 Å². The average Bonchev–Trinajstić information content (AvgIpc) is 2.02. The minimum Gasteiger partial charge on any atom is -0.385 e. The zero-order valence-electron chi connectivity index (χ0n) is 7.95. The van der Waals surface area contributed by atoms with Crippen molar-refractivity contribution in [1.29, 1.82) is 0 Å². The van der Waals surface area contributed by atoms with Crippen molar-refractivity contribution in [3.05, 3.63) is 29.8 Å². The standard InChI is InChI=1S/C11H14OS/c1-8-7-11(2,12)9-5-3-4-6-10(9)13-8/h3-6,8,12H,7H2,1-2H3. The maximum Gasteiger partial charge on any atom is 0.0889 e. The number of benzene rings is 1. The van der Waals surface area contributed by atoms with E-state index in [-0.39, 0.29) is 0 Å². The van der Waals surface area contributed by atoms with Crippen molar-refractivity contribution in [2.24, 2.45) is 0 Å². The zero-order valence-corrected chi connectivity index (χ0v) is 8.77. The van der Waals surface area contributed by atoms with Gasteiger partial charge in [0, 0.05) is 10.1 Å². The minimum absolute atomic E-state index is 0.505. The Morgan fingerprint density at radius 3 is 2.92 bits per heavy atom. The largest absolute Gasteiger partial charge is 0.385 e. The fourth-order valence-electron chi connectivity index (χ4n) is 1.94. The van der Waals surface area contributed by atoms with E-state index in [4.69, 9.17) is 0 Å². The summed E-state index contributed by atoms with van der Waals surface area (Å²) in [5.74, 6) is 0. The number of hydrogen-bond donors (Lipinski definition) is 1. The van der Waals surface area contributed by atoms with Gasteiger partial charge in [0.2, 0.25) is 0 Å². The minimum atomic E-state index is -0.638. The molecule has 1 N–H and O–H groups in total. The van der Waals surface area contributed by atoms with Crippen molar-refractivity contribution in [2.45, 2.75) is 36.0 Å². The van der Waals surface area contributed by atoms with E-state index >= 15 is 0 Å². The first-order chi connectivity index (χ1) is 6.09. The summed E-state index contributed by atoms with van der Waals surface area (Å²) in [5, 5.41) is 10.7. The third-order valence-corrected chi connectivity index (χ3v) is 3.66. The third kappa shape index (κ3) is 1.61. The summed E-state index contributed by atoms with van der Waals surface area (Å²) >= 11 is 1.85. The van der Waals surface area contributed by atoms with Gasteiger partial charge in [-0.3, -0.25) is 0 Å². The Bertz CT molecular complexity index is 320. The lowest BCUT2D eigenvalue weighted by Crippen LogP contribution is -2.29. The molecule has 1 heterocycles. The molecular weight excluding hydrogens is 180 g/mol. The fourth-order valence-corrected chi connectivity index (χ4v) is 3.36. The van der Waals surface area contributed by atoms with Crippen molar-refractivity contribution in [1.82, 2.24) is 0 Å². The van der Waals surface area contributed by atoms with Gasteiger partial charge < -0.3 is 5.11 Å². The molecule has 1 nitrogen and oxygen atoms in total. The molecule has 0 saturated heterocycles. The van der Waals surface area contributed by atoms with Crippen LogP contribution in [0.1, 0.15) is 25.8 Å². The van der Waals surface area contributed by atoms with Gasteiger partial charge in [0.1, 0.15) is 0 Å². The molecule has 0 bridgehead atoms. The summed E-state index contributed by atoms with van der Waals surface area (Å²) in [6.07, 6.45) is 0.842. The van der Waals surface area contributed by atoms with Crippen LogP contribution in [-0.4, -0.2) is 10.4 Å². The number of thioether (sulfide) groups is 1. The first kappa shape index (κ1) is 9.10. The maximum absolute atomic E-state index is 10.2. The number of aliphatic hydroxyl groups is 1. The highest BCUT2D eigenvalue weighted by Crippen LogP contribution is 2.43. The van der Waals surface area contributed by atoms with E-state index in [1.165, 1.54) is 4.90 Å². The van der Waals surface area contributed by atoms with Crippen LogP contribution in [0.15, 0.2) is 29.2 Å². The van der Waals surface area contributed by atoms with Gasteiger partial charge in [0.15, 0.2) is 0 Å². The van der Waals surface area contributed by atoms with Crippen molar-refractivity contribution in [2.75, 3.05) is 0 Å². The average molecular weight is 194 g/mol. The van der Waals surface area contributed by atoms with Gasteiger partial charge in [0.25, 0.3) is 0 Å². The second-order valence-corrected chi connectivity index (χ2v) is 5.38. The van der Waals surface area contributed by atoms with Gasteiger partial charge in [-0.25, -0.2) is 0 Å². The molecule has 0 saturated carbocycles. The number of fused-ring (bicyclic) bond motifs is 1. The van der Waals surface area contributed by atoms with Crippen LogP contribution < -0.4 is 0 Å². The van der Waals surface area contributed by atoms with Crippen LogP contribution in [0.2, 0.25) is 0 Å². The molecule has 1 aliphatic rings. The molecular formula is C11H14OS. The number of rotatable bonds is 0. The molecule has 70 valence electrons. The lowest BCUT2D eigenvalue weighted by Gasteiger charge is -2.34. The van der Waals surface area contributed by atoms with Crippen LogP contribution >= 0.6 is 11.8 Å². The molecule has 1 aromatic rings. The molecule has 0 amide bonds. The summed E-state index contributed by atoms with van der Waals surface area (Å²) in [4.78, 5) is 1.23. The summed E-state index contributed by atoms with van der Waals surface area (Å²) in [5.41, 5.74) is 0.444. The molecule has 2 unspecified atom stereocenters. The Balaban J connectivity index is 2.50. The first-order valence-corrected chi connectivity index (χ1v) is 5.46. The Morgan fingerprint density at radius 1 is 1.46 bits per heavy atom. The van der Waals surface area contributed by atoms with Gasteiger partial charge in [-0.1, -0.05) is 25.1 Å².